The van der Waals surface area contributed by atoms with Crippen molar-refractivity contribution in [3.05, 3.63) is 72.9 Å². The summed E-state index contributed by atoms with van der Waals surface area (Å²) in [5.74, 6) is 0. The molecule has 0 spiro atoms. The number of nitrogens with one attached hydrogen (secondary N) is 1. The van der Waals surface area contributed by atoms with Crippen molar-refractivity contribution in [1.29, 1.82) is 0 Å². The third kappa shape index (κ3) is 1.53. The lowest BCUT2D eigenvalue weighted by atomic mass is 10.1. The molecule has 2 aromatic heterocycles. The lowest BCUT2D eigenvalue weighted by molar-refractivity contribution is 0.911. The maximum absolute atomic E-state index is 4.55. The Hall–Kier alpha value is -3.07. The molecule has 0 atom stereocenters. The van der Waals surface area contributed by atoms with Gasteiger partial charge < -0.3 is 4.98 Å². The molecule has 0 amide bonds. The van der Waals surface area contributed by atoms with Crippen LogP contribution in [0.25, 0.3) is 38.4 Å². The quantitative estimate of drug-likeness (QED) is 0.477. The van der Waals surface area contributed by atoms with Crippen LogP contribution < -0.4 is 0 Å². The van der Waals surface area contributed by atoms with Gasteiger partial charge in [0.1, 0.15) is 0 Å². The molecule has 0 aliphatic carbocycles. The molecule has 0 saturated carbocycles. The van der Waals surface area contributed by atoms with Crippen LogP contribution in [0.2, 0.25) is 0 Å². The van der Waals surface area contributed by atoms with Crippen molar-refractivity contribution in [2.45, 2.75) is 0 Å². The van der Waals surface area contributed by atoms with Gasteiger partial charge in [0.05, 0.1) is 17.4 Å². The Bertz CT molecular complexity index is 1120. The van der Waals surface area contributed by atoms with Gasteiger partial charge in [0.2, 0.25) is 0 Å². The number of hydrogen-bond donors (Lipinski definition) is 1. The Morgan fingerprint density at radius 3 is 2.50 bits per heavy atom. The molecule has 1 N–H and O–H groups in total. The summed E-state index contributed by atoms with van der Waals surface area (Å²) in [6.45, 7) is 0. The van der Waals surface area contributed by atoms with Gasteiger partial charge in [-0.15, -0.1) is 0 Å². The molecule has 22 heavy (non-hydrogen) atoms. The molecule has 104 valence electrons. The fraction of sp³-hybridized carbons (Fsp3) is 0. The van der Waals surface area contributed by atoms with E-state index in [2.05, 4.69) is 58.6 Å². The molecule has 2 heterocycles. The maximum Gasteiger partial charge on any atom is 0.0762 e. The van der Waals surface area contributed by atoms with Crippen LogP contribution in [0.5, 0.6) is 0 Å². The first-order valence-electron chi connectivity index (χ1n) is 7.34. The van der Waals surface area contributed by atoms with E-state index in [0.717, 1.165) is 22.1 Å². The van der Waals surface area contributed by atoms with Gasteiger partial charge in [-0.2, -0.15) is 5.10 Å². The zero-order valence-corrected chi connectivity index (χ0v) is 11.8. The van der Waals surface area contributed by atoms with Crippen molar-refractivity contribution in [3.8, 4) is 5.69 Å². The summed E-state index contributed by atoms with van der Waals surface area (Å²) in [7, 11) is 0. The van der Waals surface area contributed by atoms with Crippen molar-refractivity contribution < 1.29 is 0 Å². The number of para-hydroxylation sites is 2. The van der Waals surface area contributed by atoms with Crippen LogP contribution >= 0.6 is 0 Å². The van der Waals surface area contributed by atoms with Crippen molar-refractivity contribution in [1.82, 2.24) is 14.8 Å². The number of rotatable bonds is 1. The van der Waals surface area contributed by atoms with E-state index in [0.29, 0.717) is 0 Å². The molecule has 0 saturated heterocycles. The lowest BCUT2D eigenvalue weighted by Gasteiger charge is -2.03. The van der Waals surface area contributed by atoms with Crippen molar-refractivity contribution in [2.75, 3.05) is 0 Å². The highest BCUT2D eigenvalue weighted by Gasteiger charge is 2.09. The number of H-pyrrole nitrogens is 1. The van der Waals surface area contributed by atoms with E-state index in [1.54, 1.807) is 0 Å². The van der Waals surface area contributed by atoms with Gasteiger partial charge in [-0.1, -0.05) is 36.4 Å². The van der Waals surface area contributed by atoms with Crippen LogP contribution in [0.15, 0.2) is 72.9 Å². The van der Waals surface area contributed by atoms with Gasteiger partial charge >= 0.3 is 0 Å². The average Bonchev–Trinajstić information content (AvgIpc) is 3.14. The minimum atomic E-state index is 1.08. The third-order valence-corrected chi connectivity index (χ3v) is 4.19. The molecule has 0 aliphatic rings. The van der Waals surface area contributed by atoms with Crippen molar-refractivity contribution in [2.24, 2.45) is 0 Å². The van der Waals surface area contributed by atoms with E-state index < -0.39 is 0 Å². The lowest BCUT2D eigenvalue weighted by Crippen LogP contribution is -1.94. The number of nitrogens with zero attached hydrogens (tertiary/aromatic N) is 2. The second kappa shape index (κ2) is 4.21. The molecular formula is C19H13N3. The maximum atomic E-state index is 4.55. The largest absolute Gasteiger partial charge is 0.354 e. The summed E-state index contributed by atoms with van der Waals surface area (Å²) >= 11 is 0. The summed E-state index contributed by atoms with van der Waals surface area (Å²) in [6.07, 6.45) is 1.93. The second-order valence-electron chi connectivity index (χ2n) is 5.52. The zero-order chi connectivity index (χ0) is 14.5. The number of aromatic amines is 1. The highest BCUT2D eigenvalue weighted by Crippen LogP contribution is 2.30. The Kier molecular flexibility index (Phi) is 2.22. The van der Waals surface area contributed by atoms with E-state index >= 15 is 0 Å². The molecule has 0 aliphatic heterocycles. The molecule has 5 rings (SSSR count). The van der Waals surface area contributed by atoms with Crippen LogP contribution in [0.3, 0.4) is 0 Å². The molecule has 0 bridgehead atoms. The van der Waals surface area contributed by atoms with Gasteiger partial charge in [0.15, 0.2) is 0 Å². The highest BCUT2D eigenvalue weighted by molar-refractivity contribution is 6.11. The minimum absolute atomic E-state index is 1.08. The number of fused-ring (bicyclic) bond motifs is 4. The monoisotopic (exact) mass is 283 g/mol. The minimum Gasteiger partial charge on any atom is -0.354 e. The van der Waals surface area contributed by atoms with Crippen LogP contribution in [0, 0.1) is 0 Å². The molecule has 3 heteroatoms. The van der Waals surface area contributed by atoms with E-state index in [-0.39, 0.29) is 0 Å². The van der Waals surface area contributed by atoms with Crippen LogP contribution in [0.4, 0.5) is 0 Å². The highest BCUT2D eigenvalue weighted by atomic mass is 15.3. The standard InChI is InChI=1S/C19H13N3/c1-2-6-14(7-3-1)22-19-11-18-16(10-13(19)12-20-22)15-8-4-5-9-17(15)21-18/h1-12,21H. The molecule has 3 aromatic carbocycles. The van der Waals surface area contributed by atoms with Crippen LogP contribution in [0.1, 0.15) is 0 Å². The van der Waals surface area contributed by atoms with Crippen LogP contribution in [-0.4, -0.2) is 14.8 Å². The fourth-order valence-corrected chi connectivity index (χ4v) is 3.15. The molecule has 0 unspecified atom stereocenters. The van der Waals surface area contributed by atoms with Gasteiger partial charge in [-0.3, -0.25) is 0 Å². The Balaban J connectivity index is 1.87. The van der Waals surface area contributed by atoms with E-state index in [1.807, 2.05) is 29.1 Å². The van der Waals surface area contributed by atoms with Crippen LogP contribution in [-0.2, 0) is 0 Å². The van der Waals surface area contributed by atoms with E-state index in [1.165, 1.54) is 16.3 Å². The average molecular weight is 283 g/mol. The van der Waals surface area contributed by atoms with Crippen molar-refractivity contribution >= 4 is 32.7 Å². The predicted octanol–water partition coefficient (Wildman–Crippen LogP) is 4.66. The van der Waals surface area contributed by atoms with Gasteiger partial charge in [0.25, 0.3) is 0 Å². The smallest absolute Gasteiger partial charge is 0.0762 e. The normalized spacial score (nSPS) is 11.6. The predicted molar refractivity (Wildman–Crippen MR) is 90.4 cm³/mol. The summed E-state index contributed by atoms with van der Waals surface area (Å²) in [5, 5.41) is 8.21. The van der Waals surface area contributed by atoms with Gasteiger partial charge in [0, 0.05) is 27.2 Å². The number of aromatic nitrogens is 3. The Morgan fingerprint density at radius 1 is 0.773 bits per heavy atom. The second-order valence-corrected chi connectivity index (χ2v) is 5.52. The topological polar surface area (TPSA) is 33.6 Å². The first-order chi connectivity index (χ1) is 10.9. The number of hydrogen-bond acceptors (Lipinski definition) is 1. The summed E-state index contributed by atoms with van der Waals surface area (Å²) in [5.41, 5.74) is 4.51. The third-order valence-electron chi connectivity index (χ3n) is 4.19. The zero-order valence-electron chi connectivity index (χ0n) is 11.8. The summed E-state index contributed by atoms with van der Waals surface area (Å²) < 4.78 is 1.99. The van der Waals surface area contributed by atoms with E-state index in [4.69, 9.17) is 0 Å². The molecular weight excluding hydrogens is 270 g/mol. The summed E-state index contributed by atoms with van der Waals surface area (Å²) in [4.78, 5) is 3.50. The molecule has 3 nitrogen and oxygen atoms in total. The Morgan fingerprint density at radius 2 is 1.59 bits per heavy atom. The fourth-order valence-electron chi connectivity index (χ4n) is 3.15. The van der Waals surface area contributed by atoms with E-state index in [9.17, 15) is 0 Å². The molecule has 0 fully saturated rings. The molecule has 0 radical (unpaired) electrons. The van der Waals surface area contributed by atoms with Gasteiger partial charge in [-0.25, -0.2) is 4.68 Å². The van der Waals surface area contributed by atoms with Gasteiger partial charge in [-0.05, 0) is 30.3 Å². The number of benzene rings is 3. The first-order valence-corrected chi connectivity index (χ1v) is 7.34. The van der Waals surface area contributed by atoms with Crippen molar-refractivity contribution in [3.63, 3.8) is 0 Å². The summed E-state index contributed by atoms with van der Waals surface area (Å²) in [6, 6.07) is 23.0. The SMILES string of the molecule is c1ccc(-n2ncc3cc4c(cc32)[nH]c2ccccc24)cc1. The first kappa shape index (κ1) is 11.6. The Labute approximate surface area is 126 Å². The molecule has 5 aromatic rings.